The average Bonchev–Trinajstić information content (AvgIpc) is 3.17. The van der Waals surface area contributed by atoms with Gasteiger partial charge in [-0.25, -0.2) is 14.8 Å². The predicted molar refractivity (Wildman–Crippen MR) is 121 cm³/mol. The van der Waals surface area contributed by atoms with Crippen molar-refractivity contribution >= 4 is 29.2 Å². The van der Waals surface area contributed by atoms with Gasteiger partial charge >= 0.3 is 5.97 Å². The first-order valence-corrected chi connectivity index (χ1v) is 10.1. The third-order valence-electron chi connectivity index (χ3n) is 4.51. The number of hydrogen-bond donors (Lipinski definition) is 2. The molecule has 0 aliphatic carbocycles. The minimum Gasteiger partial charge on any atom is -0.351 e. The molecule has 0 spiro atoms. The zero-order chi connectivity index (χ0) is 22.9. The molecule has 0 unspecified atom stereocenters. The molecular weight excluding hydrogens is 410 g/mol. The van der Waals surface area contributed by atoms with Gasteiger partial charge in [-0.3, -0.25) is 9.59 Å². The van der Waals surface area contributed by atoms with Crippen LogP contribution >= 0.6 is 0 Å². The third kappa shape index (κ3) is 6.10. The molecule has 0 saturated carbocycles. The highest BCUT2D eigenvalue weighted by molar-refractivity contribution is 6.45. The topological polar surface area (TPSA) is 103 Å². The van der Waals surface area contributed by atoms with Crippen LogP contribution in [0.2, 0.25) is 0 Å². The van der Waals surface area contributed by atoms with Gasteiger partial charge in [0.25, 0.3) is 11.8 Å². The number of nitrogens with zero attached hydrogens (tertiary/aromatic N) is 3. The summed E-state index contributed by atoms with van der Waals surface area (Å²) in [6, 6.07) is 17.3. The van der Waals surface area contributed by atoms with E-state index in [9.17, 15) is 14.4 Å². The van der Waals surface area contributed by atoms with Crippen LogP contribution in [0.15, 0.2) is 77.4 Å². The summed E-state index contributed by atoms with van der Waals surface area (Å²) in [5.41, 5.74) is 3.28. The van der Waals surface area contributed by atoms with Crippen molar-refractivity contribution in [3.8, 4) is 0 Å². The molecule has 0 atom stereocenters. The van der Waals surface area contributed by atoms with Crippen LogP contribution in [0.4, 0.5) is 5.69 Å². The van der Waals surface area contributed by atoms with E-state index in [4.69, 9.17) is 4.84 Å². The Morgan fingerprint density at radius 1 is 1.09 bits per heavy atom. The molecule has 9 nitrogen and oxygen atoms in total. The molecule has 166 valence electrons. The van der Waals surface area contributed by atoms with Crippen LogP contribution in [0.5, 0.6) is 0 Å². The van der Waals surface area contributed by atoms with Crippen molar-refractivity contribution in [3.63, 3.8) is 0 Å². The molecule has 2 aromatic rings. The van der Waals surface area contributed by atoms with Gasteiger partial charge in [0.1, 0.15) is 5.71 Å². The smallest absolute Gasteiger partial charge is 0.351 e. The first-order chi connectivity index (χ1) is 15.5. The molecule has 0 radical (unpaired) electrons. The number of hydrogen-bond acceptors (Lipinski definition) is 7. The number of benzene rings is 2. The second kappa shape index (κ2) is 11.0. The zero-order valence-corrected chi connectivity index (χ0v) is 17.9. The minimum absolute atomic E-state index is 0.0271. The average molecular weight is 435 g/mol. The number of rotatable bonds is 8. The number of hydrazine groups is 1. The van der Waals surface area contributed by atoms with Gasteiger partial charge in [0.2, 0.25) is 0 Å². The number of para-hydroxylation sites is 1. The summed E-state index contributed by atoms with van der Waals surface area (Å²) in [6.07, 6.45) is 1.96. The number of aliphatic imine (C=N–C) groups is 1. The van der Waals surface area contributed by atoms with Crippen molar-refractivity contribution in [1.29, 1.82) is 0 Å². The Morgan fingerprint density at radius 2 is 1.75 bits per heavy atom. The summed E-state index contributed by atoms with van der Waals surface area (Å²) >= 11 is 0. The summed E-state index contributed by atoms with van der Waals surface area (Å²) in [5.74, 6) is -1.85. The van der Waals surface area contributed by atoms with E-state index >= 15 is 0 Å². The van der Waals surface area contributed by atoms with Gasteiger partial charge in [0.05, 0.1) is 5.69 Å². The van der Waals surface area contributed by atoms with E-state index < -0.39 is 17.8 Å². The molecule has 0 aromatic heterocycles. The number of carbonyl (C=O) groups excluding carboxylic acids is 3. The molecule has 0 bridgehead atoms. The van der Waals surface area contributed by atoms with E-state index in [0.29, 0.717) is 17.8 Å². The van der Waals surface area contributed by atoms with Crippen molar-refractivity contribution in [3.05, 3.63) is 78.0 Å². The van der Waals surface area contributed by atoms with E-state index in [2.05, 4.69) is 15.9 Å². The van der Waals surface area contributed by atoms with E-state index in [1.165, 1.54) is 11.1 Å². The molecule has 3 rings (SSSR count). The molecule has 2 amide bonds. The van der Waals surface area contributed by atoms with Crippen molar-refractivity contribution < 1.29 is 19.2 Å². The Hall–Kier alpha value is -3.82. The second-order valence-corrected chi connectivity index (χ2v) is 7.26. The first kappa shape index (κ1) is 22.9. The monoisotopic (exact) mass is 435 g/mol. The summed E-state index contributed by atoms with van der Waals surface area (Å²) in [6.45, 7) is 1.18. The van der Waals surface area contributed by atoms with E-state index in [1.807, 2.05) is 25.1 Å². The number of nitrogens with one attached hydrogen (secondary N) is 2. The summed E-state index contributed by atoms with van der Waals surface area (Å²) in [7, 11) is 3.88. The van der Waals surface area contributed by atoms with E-state index in [1.54, 1.807) is 54.6 Å². The van der Waals surface area contributed by atoms with Gasteiger partial charge in [0.15, 0.2) is 5.70 Å². The fraction of sp³-hybridized carbons (Fsp3) is 0.217. The zero-order valence-electron chi connectivity index (χ0n) is 17.9. The van der Waals surface area contributed by atoms with Gasteiger partial charge in [-0.05, 0) is 51.3 Å². The molecule has 1 fully saturated rings. The van der Waals surface area contributed by atoms with Crippen LogP contribution in [0.3, 0.4) is 0 Å². The highest BCUT2D eigenvalue weighted by atomic mass is 16.7. The molecule has 1 heterocycles. The Bertz CT molecular complexity index is 1020. The van der Waals surface area contributed by atoms with E-state index in [0.717, 1.165) is 13.0 Å². The predicted octanol–water partition coefficient (Wildman–Crippen LogP) is 1.70. The van der Waals surface area contributed by atoms with Crippen molar-refractivity contribution in [1.82, 2.24) is 15.8 Å². The van der Waals surface area contributed by atoms with Crippen LogP contribution in [-0.4, -0.2) is 55.6 Å². The maximum atomic E-state index is 12.8. The first-order valence-electron chi connectivity index (χ1n) is 10.1. The van der Waals surface area contributed by atoms with Crippen LogP contribution in [-0.2, 0) is 14.4 Å². The molecule has 32 heavy (non-hydrogen) atoms. The lowest BCUT2D eigenvalue weighted by atomic mass is 10.2. The molecule has 1 saturated heterocycles. The summed E-state index contributed by atoms with van der Waals surface area (Å²) in [4.78, 5) is 48.7. The standard InChI is InChI=1S/C23H25N5O4/c1-27(2)15-9-14-24-22(30)19(25-21(29)17-10-5-3-6-11-17)16-20-23(31)32-26-28(20)18-12-7-4-8-13-18/h3-8,10-13,16,26H,9,14-15H2,1-2H3,(H,24,30)/b20-16+,25-19?. The highest BCUT2D eigenvalue weighted by Crippen LogP contribution is 2.21. The minimum atomic E-state index is -0.700. The van der Waals surface area contributed by atoms with Crippen LogP contribution in [0.25, 0.3) is 0 Å². The van der Waals surface area contributed by atoms with Gasteiger partial charge in [-0.2, -0.15) is 0 Å². The Balaban J connectivity index is 1.90. The van der Waals surface area contributed by atoms with Crippen LogP contribution in [0.1, 0.15) is 16.8 Å². The fourth-order valence-corrected chi connectivity index (χ4v) is 2.89. The quantitative estimate of drug-likeness (QED) is 0.370. The maximum absolute atomic E-state index is 12.8. The maximum Gasteiger partial charge on any atom is 0.376 e. The van der Waals surface area contributed by atoms with Gasteiger partial charge in [0, 0.05) is 18.2 Å². The molecular formula is C23H25N5O4. The Labute approximate surface area is 186 Å². The third-order valence-corrected chi connectivity index (χ3v) is 4.51. The largest absolute Gasteiger partial charge is 0.376 e. The van der Waals surface area contributed by atoms with Crippen molar-refractivity contribution in [2.75, 3.05) is 32.2 Å². The summed E-state index contributed by atoms with van der Waals surface area (Å²) < 4.78 is 0. The van der Waals surface area contributed by atoms with Gasteiger partial charge in [-0.1, -0.05) is 42.0 Å². The van der Waals surface area contributed by atoms with E-state index in [-0.39, 0.29) is 11.4 Å². The highest BCUT2D eigenvalue weighted by Gasteiger charge is 2.30. The van der Waals surface area contributed by atoms with Crippen molar-refractivity contribution in [2.45, 2.75) is 6.42 Å². The molecule has 9 heteroatoms. The Morgan fingerprint density at radius 3 is 2.41 bits per heavy atom. The fourth-order valence-electron chi connectivity index (χ4n) is 2.89. The SMILES string of the molecule is CN(C)CCCNC(=O)C(/C=C1\C(=O)ONN1c1ccccc1)=NC(=O)c1ccccc1. The molecule has 2 aromatic carbocycles. The number of carbonyl (C=O) groups is 3. The van der Waals surface area contributed by atoms with Gasteiger partial charge in [-0.15, -0.1) is 0 Å². The lowest BCUT2D eigenvalue weighted by molar-refractivity contribution is -0.140. The lowest BCUT2D eigenvalue weighted by Crippen LogP contribution is -2.34. The number of amides is 2. The lowest BCUT2D eigenvalue weighted by Gasteiger charge is -2.15. The summed E-state index contributed by atoms with van der Waals surface area (Å²) in [5, 5.41) is 4.13. The number of anilines is 1. The second-order valence-electron chi connectivity index (χ2n) is 7.26. The van der Waals surface area contributed by atoms with Crippen molar-refractivity contribution in [2.24, 2.45) is 4.99 Å². The molecule has 1 aliphatic heterocycles. The van der Waals surface area contributed by atoms with Crippen LogP contribution in [0, 0.1) is 0 Å². The van der Waals surface area contributed by atoms with Crippen LogP contribution < -0.4 is 15.9 Å². The molecule has 1 aliphatic rings. The Kier molecular flexibility index (Phi) is 7.85. The van der Waals surface area contributed by atoms with Gasteiger partial charge < -0.3 is 15.1 Å². The normalized spacial score (nSPS) is 15.2. The molecule has 2 N–H and O–H groups in total.